The highest BCUT2D eigenvalue weighted by molar-refractivity contribution is 7.17. The molecule has 2 amide bonds. The van der Waals surface area contributed by atoms with E-state index in [4.69, 9.17) is 23.2 Å². The van der Waals surface area contributed by atoms with Crippen molar-refractivity contribution in [3.8, 4) is 0 Å². The predicted molar refractivity (Wildman–Crippen MR) is 128 cm³/mol. The zero-order valence-corrected chi connectivity index (χ0v) is 20.7. The van der Waals surface area contributed by atoms with E-state index in [1.807, 2.05) is 4.90 Å². The third-order valence-electron chi connectivity index (χ3n) is 6.71. The van der Waals surface area contributed by atoms with Crippen LogP contribution in [0.4, 0.5) is 5.13 Å². The number of carbonyl (C=O) groups excluding carboxylic acids is 2. The Kier molecular flexibility index (Phi) is 6.21. The number of anilines is 1. The average molecular weight is 527 g/mol. The fourth-order valence-electron chi connectivity index (χ4n) is 4.78. The maximum Gasteiger partial charge on any atom is 0.347 e. The minimum Gasteiger partial charge on any atom is -0.477 e. The number of aromatic nitrogens is 2. The highest BCUT2D eigenvalue weighted by Crippen LogP contribution is 2.48. The predicted octanol–water partition coefficient (Wildman–Crippen LogP) is 1.62. The van der Waals surface area contributed by atoms with Crippen molar-refractivity contribution in [3.05, 3.63) is 32.0 Å². The van der Waals surface area contributed by atoms with Crippen LogP contribution < -0.4 is 15.5 Å². The second kappa shape index (κ2) is 9.03. The van der Waals surface area contributed by atoms with E-state index in [2.05, 4.69) is 20.6 Å². The molecule has 2 aromatic heterocycles. The highest BCUT2D eigenvalue weighted by atomic mass is 35.5. The number of fused-ring (bicyclic) bond motifs is 1. The maximum absolute atomic E-state index is 12.6. The molecule has 10 nitrogen and oxygen atoms in total. The van der Waals surface area contributed by atoms with Crippen LogP contribution in [0, 0.1) is 18.8 Å². The quantitative estimate of drug-likeness (QED) is 0.449. The number of aromatic carboxylic acids is 1. The first-order chi connectivity index (χ1) is 16.2. The number of amides is 2. The molecule has 3 fully saturated rings. The standard InChI is InChI=1S/C21H24Cl2N6O4S/c1-9-14(22)15(23)17(25-9)19(31)27-16-10-7-29(8-11(10)16)21-26-12(18(34-21)20(32)33)6-13(30)28-4-2-24-3-5-28/h10-11,16,24-25H,2-8H2,1H3,(H,27,31)(H,32,33)/t10-,11+,16+. The number of hydrogen-bond acceptors (Lipinski definition) is 7. The Hall–Kier alpha value is -2.34. The average Bonchev–Trinajstić information content (AvgIpc) is 3.19. The van der Waals surface area contributed by atoms with Gasteiger partial charge in [0.2, 0.25) is 5.91 Å². The number of aryl methyl sites for hydroxylation is 1. The second-order valence-electron chi connectivity index (χ2n) is 8.87. The number of nitrogens with zero attached hydrogens (tertiary/aromatic N) is 3. The Labute approximate surface area is 209 Å². The normalized spacial score (nSPS) is 23.7. The van der Waals surface area contributed by atoms with E-state index < -0.39 is 5.97 Å². The molecule has 34 heavy (non-hydrogen) atoms. The van der Waals surface area contributed by atoms with E-state index in [1.165, 1.54) is 0 Å². The Bertz CT molecular complexity index is 1150. The van der Waals surface area contributed by atoms with Gasteiger partial charge in [-0.15, -0.1) is 0 Å². The van der Waals surface area contributed by atoms with Crippen molar-refractivity contribution in [2.24, 2.45) is 11.8 Å². The topological polar surface area (TPSA) is 131 Å². The number of thiazole rings is 1. The molecule has 0 spiro atoms. The molecule has 3 atom stereocenters. The Morgan fingerprint density at radius 3 is 2.44 bits per heavy atom. The lowest BCUT2D eigenvalue weighted by molar-refractivity contribution is -0.131. The molecule has 1 saturated carbocycles. The lowest BCUT2D eigenvalue weighted by Crippen LogP contribution is -2.47. The number of rotatable bonds is 6. The van der Waals surface area contributed by atoms with Crippen molar-refractivity contribution in [2.75, 3.05) is 44.2 Å². The summed E-state index contributed by atoms with van der Waals surface area (Å²) in [5, 5.41) is 17.0. The largest absolute Gasteiger partial charge is 0.477 e. The third-order valence-corrected chi connectivity index (χ3v) is 8.81. The van der Waals surface area contributed by atoms with Gasteiger partial charge in [-0.1, -0.05) is 34.5 Å². The number of piperazine rings is 1. The molecule has 182 valence electrons. The van der Waals surface area contributed by atoms with E-state index in [0.717, 1.165) is 24.4 Å². The Morgan fingerprint density at radius 1 is 1.18 bits per heavy atom. The first-order valence-corrected chi connectivity index (χ1v) is 12.6. The molecule has 1 aliphatic carbocycles. The van der Waals surface area contributed by atoms with E-state index in [-0.39, 0.29) is 51.7 Å². The van der Waals surface area contributed by atoms with Crippen molar-refractivity contribution in [1.82, 2.24) is 25.5 Å². The fraction of sp³-hybridized carbons (Fsp3) is 0.524. The van der Waals surface area contributed by atoms with Crippen LogP contribution in [-0.4, -0.2) is 83.1 Å². The molecular weight excluding hydrogens is 503 g/mol. The van der Waals surface area contributed by atoms with Gasteiger partial charge in [-0.3, -0.25) is 9.59 Å². The first-order valence-electron chi connectivity index (χ1n) is 11.1. The summed E-state index contributed by atoms with van der Waals surface area (Å²) in [7, 11) is 0. The second-order valence-corrected chi connectivity index (χ2v) is 10.6. The summed E-state index contributed by atoms with van der Waals surface area (Å²) in [4.78, 5) is 48.4. The maximum atomic E-state index is 12.6. The molecular formula is C21H24Cl2N6O4S. The molecule has 0 bridgehead atoms. The minimum atomic E-state index is -1.07. The van der Waals surface area contributed by atoms with Crippen LogP contribution >= 0.6 is 34.5 Å². The molecule has 5 rings (SSSR count). The van der Waals surface area contributed by atoms with Gasteiger partial charge in [0.05, 0.1) is 22.2 Å². The number of carboxylic acids is 1. The van der Waals surface area contributed by atoms with Crippen molar-refractivity contribution in [1.29, 1.82) is 0 Å². The zero-order valence-electron chi connectivity index (χ0n) is 18.4. The number of nitrogens with one attached hydrogen (secondary N) is 3. The van der Waals surface area contributed by atoms with Crippen molar-refractivity contribution in [3.63, 3.8) is 0 Å². The van der Waals surface area contributed by atoms with Crippen molar-refractivity contribution in [2.45, 2.75) is 19.4 Å². The molecule has 3 aliphatic rings. The molecule has 2 aliphatic heterocycles. The van der Waals surface area contributed by atoms with Gasteiger partial charge in [-0.25, -0.2) is 9.78 Å². The van der Waals surface area contributed by atoms with Gasteiger partial charge < -0.3 is 30.5 Å². The van der Waals surface area contributed by atoms with Crippen LogP contribution in [0.3, 0.4) is 0 Å². The summed E-state index contributed by atoms with van der Waals surface area (Å²) in [6, 6.07) is 0.0230. The third kappa shape index (κ3) is 4.26. The van der Waals surface area contributed by atoms with Gasteiger partial charge in [0.15, 0.2) is 5.13 Å². The molecule has 0 radical (unpaired) electrons. The summed E-state index contributed by atoms with van der Waals surface area (Å²) in [6.07, 6.45) is -0.0175. The van der Waals surface area contributed by atoms with Gasteiger partial charge in [-0.2, -0.15) is 0 Å². The number of halogens is 2. The lowest BCUT2D eigenvalue weighted by atomic mass is 10.2. The molecule has 2 aromatic rings. The van der Waals surface area contributed by atoms with Crippen LogP contribution in [-0.2, 0) is 11.2 Å². The molecule has 13 heteroatoms. The van der Waals surface area contributed by atoms with E-state index in [9.17, 15) is 19.5 Å². The number of aromatic amines is 1. The van der Waals surface area contributed by atoms with Gasteiger partial charge in [0, 0.05) is 62.8 Å². The highest BCUT2D eigenvalue weighted by Gasteiger charge is 2.57. The SMILES string of the molecule is Cc1[nH]c(C(=O)N[C@H]2[C@@H]3CN(c4nc(CC(=O)N5CCNCC5)c(C(=O)O)s4)C[C@@H]32)c(Cl)c1Cl. The van der Waals surface area contributed by atoms with Crippen molar-refractivity contribution < 1.29 is 19.5 Å². The number of carboxylic acid groups (broad SMARTS) is 1. The number of piperidine rings is 1. The van der Waals surface area contributed by atoms with Gasteiger partial charge in [-0.05, 0) is 6.92 Å². The summed E-state index contributed by atoms with van der Waals surface area (Å²) in [5.74, 6) is -0.971. The van der Waals surface area contributed by atoms with E-state index >= 15 is 0 Å². The van der Waals surface area contributed by atoms with Crippen LogP contribution in [0.25, 0.3) is 0 Å². The Balaban J connectivity index is 1.21. The Morgan fingerprint density at radius 2 is 1.85 bits per heavy atom. The van der Waals surface area contributed by atoms with Crippen LogP contribution in [0.1, 0.15) is 31.5 Å². The fourth-order valence-corrected chi connectivity index (χ4v) is 6.13. The molecule has 0 aromatic carbocycles. The van der Waals surface area contributed by atoms with Crippen LogP contribution in [0.2, 0.25) is 10.0 Å². The summed E-state index contributed by atoms with van der Waals surface area (Å²) < 4.78 is 0. The van der Waals surface area contributed by atoms with Gasteiger partial charge in [0.25, 0.3) is 5.91 Å². The smallest absolute Gasteiger partial charge is 0.347 e. The monoisotopic (exact) mass is 526 g/mol. The summed E-state index contributed by atoms with van der Waals surface area (Å²) in [5.41, 5.74) is 1.22. The van der Waals surface area contributed by atoms with E-state index in [1.54, 1.807) is 11.8 Å². The molecule has 0 unspecified atom stereocenters. The van der Waals surface area contributed by atoms with E-state index in [0.29, 0.717) is 47.7 Å². The number of H-pyrrole nitrogens is 1. The zero-order chi connectivity index (χ0) is 24.1. The molecule has 4 N–H and O–H groups in total. The first kappa shape index (κ1) is 23.4. The summed E-state index contributed by atoms with van der Waals surface area (Å²) in [6.45, 7) is 5.76. The number of carbonyl (C=O) groups is 3. The van der Waals surface area contributed by atoms with Crippen molar-refractivity contribution >= 4 is 57.5 Å². The van der Waals surface area contributed by atoms with Gasteiger partial charge in [0.1, 0.15) is 10.6 Å². The van der Waals surface area contributed by atoms with Crippen LogP contribution in [0.5, 0.6) is 0 Å². The van der Waals surface area contributed by atoms with Crippen LogP contribution in [0.15, 0.2) is 0 Å². The minimum absolute atomic E-state index is 0.0175. The number of hydrogen-bond donors (Lipinski definition) is 4. The molecule has 2 saturated heterocycles. The lowest BCUT2D eigenvalue weighted by Gasteiger charge is -2.27. The summed E-state index contributed by atoms with van der Waals surface area (Å²) >= 11 is 13.3. The van der Waals surface area contributed by atoms with Gasteiger partial charge >= 0.3 is 5.97 Å². The molecule has 4 heterocycles.